The van der Waals surface area contributed by atoms with Gasteiger partial charge in [-0.15, -0.1) is 0 Å². The minimum atomic E-state index is -0.120. The van der Waals surface area contributed by atoms with Crippen LogP contribution < -0.4 is 10.2 Å². The Bertz CT molecular complexity index is 1370. The molecule has 1 heterocycles. The Morgan fingerprint density at radius 3 is 2.39 bits per heavy atom. The Hall–Kier alpha value is -3.86. The Morgan fingerprint density at radius 1 is 1.00 bits per heavy atom. The predicted octanol–water partition coefficient (Wildman–Crippen LogP) is 5.58. The number of hydrogen-bond donors (Lipinski definition) is 0. The lowest BCUT2D eigenvalue weighted by Crippen LogP contribution is -2.32. The van der Waals surface area contributed by atoms with E-state index in [4.69, 9.17) is 9.15 Å². The van der Waals surface area contributed by atoms with E-state index in [9.17, 15) is 9.59 Å². The standard InChI is InChI=1S/C28H25NO4/c1-18-25(30)23-9-6-10-24(27(23)33-26(18)20-7-4-3-5-8-20)28(31)29(21-13-14-21)17-19-11-15-22(32-2)16-12-19/h3-12,15-16,21H,13-14,17H2,1-2H3. The number of fused-ring (bicyclic) bond motifs is 1. The quantitative estimate of drug-likeness (QED) is 0.393. The summed E-state index contributed by atoms with van der Waals surface area (Å²) < 4.78 is 11.5. The van der Waals surface area contributed by atoms with Crippen LogP contribution in [0.2, 0.25) is 0 Å². The zero-order chi connectivity index (χ0) is 22.9. The lowest BCUT2D eigenvalue weighted by Gasteiger charge is -2.23. The van der Waals surface area contributed by atoms with Crippen LogP contribution in [-0.2, 0) is 6.54 Å². The van der Waals surface area contributed by atoms with Crippen LogP contribution in [0.3, 0.4) is 0 Å². The van der Waals surface area contributed by atoms with Crippen molar-refractivity contribution in [1.29, 1.82) is 0 Å². The molecular weight excluding hydrogens is 414 g/mol. The summed E-state index contributed by atoms with van der Waals surface area (Å²) in [7, 11) is 1.63. The second-order valence-corrected chi connectivity index (χ2v) is 8.45. The number of carbonyl (C=O) groups is 1. The first-order chi connectivity index (χ1) is 16.1. The Kier molecular flexibility index (Phi) is 5.47. The average molecular weight is 440 g/mol. The highest BCUT2D eigenvalue weighted by molar-refractivity contribution is 6.05. The van der Waals surface area contributed by atoms with Crippen molar-refractivity contribution in [2.75, 3.05) is 7.11 Å². The minimum Gasteiger partial charge on any atom is -0.497 e. The van der Waals surface area contributed by atoms with Crippen molar-refractivity contribution in [1.82, 2.24) is 4.90 Å². The van der Waals surface area contributed by atoms with Gasteiger partial charge in [0.05, 0.1) is 18.1 Å². The minimum absolute atomic E-state index is 0.113. The summed E-state index contributed by atoms with van der Waals surface area (Å²) in [6.07, 6.45) is 1.95. The van der Waals surface area contributed by atoms with Gasteiger partial charge in [0.1, 0.15) is 11.5 Å². The molecule has 4 aromatic rings. The summed E-state index contributed by atoms with van der Waals surface area (Å²) in [6.45, 7) is 2.26. The SMILES string of the molecule is COc1ccc(CN(C(=O)c2cccc3c(=O)c(C)c(-c4ccccc4)oc23)C2CC2)cc1. The normalized spacial score (nSPS) is 13.2. The molecule has 166 valence electrons. The predicted molar refractivity (Wildman–Crippen MR) is 129 cm³/mol. The molecule has 0 N–H and O–H groups in total. The average Bonchev–Trinajstić information content (AvgIpc) is 3.70. The maximum absolute atomic E-state index is 13.8. The van der Waals surface area contributed by atoms with E-state index in [-0.39, 0.29) is 17.4 Å². The maximum Gasteiger partial charge on any atom is 0.258 e. The van der Waals surface area contributed by atoms with Crippen molar-refractivity contribution in [2.45, 2.75) is 32.4 Å². The third kappa shape index (κ3) is 4.02. The number of nitrogens with zero attached hydrogens (tertiary/aromatic N) is 1. The Morgan fingerprint density at radius 2 is 1.73 bits per heavy atom. The molecule has 5 nitrogen and oxygen atoms in total. The molecule has 0 radical (unpaired) electrons. The lowest BCUT2D eigenvalue weighted by molar-refractivity contribution is 0.0730. The van der Waals surface area contributed by atoms with E-state index in [1.165, 1.54) is 0 Å². The van der Waals surface area contributed by atoms with E-state index in [2.05, 4.69) is 0 Å². The van der Waals surface area contributed by atoms with Crippen LogP contribution in [0.1, 0.15) is 34.3 Å². The first-order valence-electron chi connectivity index (χ1n) is 11.1. The molecular formula is C28H25NO4. The second-order valence-electron chi connectivity index (χ2n) is 8.45. The van der Waals surface area contributed by atoms with Crippen LogP contribution in [0.4, 0.5) is 0 Å². The number of carbonyl (C=O) groups excluding carboxylic acids is 1. The maximum atomic E-state index is 13.8. The molecule has 1 fully saturated rings. The molecule has 0 atom stereocenters. The van der Waals surface area contributed by atoms with Gasteiger partial charge in [-0.3, -0.25) is 9.59 Å². The monoisotopic (exact) mass is 439 g/mol. The van der Waals surface area contributed by atoms with Gasteiger partial charge in [0, 0.05) is 23.7 Å². The molecule has 0 unspecified atom stereocenters. The van der Waals surface area contributed by atoms with Crippen LogP contribution in [0.15, 0.2) is 82.0 Å². The fraction of sp³-hybridized carbons (Fsp3) is 0.214. The van der Waals surface area contributed by atoms with Gasteiger partial charge >= 0.3 is 0 Å². The molecule has 0 saturated heterocycles. The van der Waals surface area contributed by atoms with Crippen molar-refractivity contribution < 1.29 is 13.9 Å². The number of amides is 1. The molecule has 1 amide bonds. The molecule has 33 heavy (non-hydrogen) atoms. The molecule has 1 aliphatic carbocycles. The van der Waals surface area contributed by atoms with Gasteiger partial charge < -0.3 is 14.1 Å². The first kappa shape index (κ1) is 21.0. The zero-order valence-electron chi connectivity index (χ0n) is 18.7. The molecule has 0 spiro atoms. The van der Waals surface area contributed by atoms with E-state index < -0.39 is 0 Å². The molecule has 0 bridgehead atoms. The number of hydrogen-bond acceptors (Lipinski definition) is 4. The van der Waals surface area contributed by atoms with E-state index in [0.29, 0.717) is 34.4 Å². The highest BCUT2D eigenvalue weighted by atomic mass is 16.5. The van der Waals surface area contributed by atoms with E-state index in [1.54, 1.807) is 32.2 Å². The van der Waals surface area contributed by atoms with Gasteiger partial charge in [0.25, 0.3) is 5.91 Å². The fourth-order valence-corrected chi connectivity index (χ4v) is 4.18. The van der Waals surface area contributed by atoms with Crippen LogP contribution in [-0.4, -0.2) is 24.0 Å². The van der Waals surface area contributed by atoms with Gasteiger partial charge in [-0.1, -0.05) is 48.5 Å². The topological polar surface area (TPSA) is 59.8 Å². The highest BCUT2D eigenvalue weighted by Crippen LogP contribution is 2.33. The molecule has 5 rings (SSSR count). The van der Waals surface area contributed by atoms with E-state index in [0.717, 1.165) is 29.7 Å². The highest BCUT2D eigenvalue weighted by Gasteiger charge is 2.34. The molecule has 5 heteroatoms. The molecule has 1 saturated carbocycles. The number of rotatable bonds is 6. The van der Waals surface area contributed by atoms with Gasteiger partial charge in [-0.25, -0.2) is 0 Å². The number of ether oxygens (including phenoxy) is 1. The smallest absolute Gasteiger partial charge is 0.258 e. The van der Waals surface area contributed by atoms with E-state index >= 15 is 0 Å². The van der Waals surface area contributed by atoms with Gasteiger partial charge in [-0.2, -0.15) is 0 Å². The molecule has 1 aliphatic rings. The van der Waals surface area contributed by atoms with Crippen molar-refractivity contribution in [2.24, 2.45) is 0 Å². The molecule has 1 aromatic heterocycles. The van der Waals surface area contributed by atoms with Crippen LogP contribution >= 0.6 is 0 Å². The summed E-state index contributed by atoms with van der Waals surface area (Å²) in [5, 5.41) is 0.429. The van der Waals surface area contributed by atoms with Crippen molar-refractivity contribution in [3.05, 3.63) is 99.7 Å². The summed E-state index contributed by atoms with van der Waals surface area (Å²) in [5.74, 6) is 1.16. The third-order valence-corrected chi connectivity index (χ3v) is 6.17. The van der Waals surface area contributed by atoms with Crippen molar-refractivity contribution >= 4 is 16.9 Å². The molecule has 3 aromatic carbocycles. The summed E-state index contributed by atoms with van der Waals surface area (Å²) in [4.78, 5) is 28.8. The van der Waals surface area contributed by atoms with Gasteiger partial charge in [0.2, 0.25) is 0 Å². The number of benzene rings is 3. The van der Waals surface area contributed by atoms with Crippen molar-refractivity contribution in [3.8, 4) is 17.1 Å². The number of para-hydroxylation sites is 1. The van der Waals surface area contributed by atoms with Crippen LogP contribution in [0.25, 0.3) is 22.3 Å². The summed E-state index contributed by atoms with van der Waals surface area (Å²) >= 11 is 0. The fourth-order valence-electron chi connectivity index (χ4n) is 4.18. The first-order valence-corrected chi connectivity index (χ1v) is 11.1. The Labute approximate surface area is 192 Å². The zero-order valence-corrected chi connectivity index (χ0v) is 18.7. The molecule has 0 aliphatic heterocycles. The summed E-state index contributed by atoms with van der Waals surface area (Å²) in [6, 6.07) is 22.7. The Balaban J connectivity index is 1.58. The third-order valence-electron chi connectivity index (χ3n) is 6.17. The van der Waals surface area contributed by atoms with E-state index in [1.807, 2.05) is 59.5 Å². The second kappa shape index (κ2) is 8.58. The lowest BCUT2D eigenvalue weighted by atomic mass is 10.0. The van der Waals surface area contributed by atoms with Gasteiger partial charge in [-0.05, 0) is 49.6 Å². The largest absolute Gasteiger partial charge is 0.497 e. The van der Waals surface area contributed by atoms with Crippen LogP contribution in [0, 0.1) is 6.92 Å². The summed E-state index contributed by atoms with van der Waals surface area (Å²) in [5.41, 5.74) is 3.03. The number of methoxy groups -OCH3 is 1. The van der Waals surface area contributed by atoms with Gasteiger partial charge in [0.15, 0.2) is 11.0 Å². The van der Waals surface area contributed by atoms with Crippen LogP contribution in [0.5, 0.6) is 5.75 Å². The van der Waals surface area contributed by atoms with Crippen molar-refractivity contribution in [3.63, 3.8) is 0 Å².